The highest BCUT2D eigenvalue weighted by molar-refractivity contribution is 7.68. The molecule has 5 rings (SSSR count). The van der Waals surface area contributed by atoms with Gasteiger partial charge in [-0.05, 0) is 44.6 Å². The van der Waals surface area contributed by atoms with Crippen LogP contribution in [0.4, 0.5) is 0 Å². The van der Waals surface area contributed by atoms with Gasteiger partial charge in [-0.2, -0.15) is 4.98 Å². The van der Waals surface area contributed by atoms with E-state index in [2.05, 4.69) is 48.8 Å². The number of para-hydroxylation sites is 1. The molecule has 3 saturated heterocycles. The molecule has 1 aromatic heterocycles. The number of thiazole rings is 1. The van der Waals surface area contributed by atoms with E-state index in [1.54, 1.807) is 0 Å². The predicted octanol–water partition coefficient (Wildman–Crippen LogP) is 4.38. The highest BCUT2D eigenvalue weighted by atomic mass is 32.2. The highest BCUT2D eigenvalue weighted by Gasteiger charge is 2.65. The molecule has 5 nitrogen and oxygen atoms in total. The zero-order chi connectivity index (χ0) is 17.4. The second-order valence-corrected chi connectivity index (χ2v) is 12.1. The first-order valence-electron chi connectivity index (χ1n) is 10.1. The van der Waals surface area contributed by atoms with Gasteiger partial charge in [0.2, 0.25) is 15.5 Å². The Morgan fingerprint density at radius 1 is 0.769 bits per heavy atom. The van der Waals surface area contributed by atoms with Crippen LogP contribution in [0.2, 0.25) is 0 Å². The van der Waals surface area contributed by atoms with Crippen LogP contribution >= 0.6 is 18.7 Å². The summed E-state index contributed by atoms with van der Waals surface area (Å²) in [7, 11) is -2.25. The van der Waals surface area contributed by atoms with Gasteiger partial charge in [0.25, 0.3) is 5.51 Å². The fourth-order valence-corrected chi connectivity index (χ4v) is 11.4. The summed E-state index contributed by atoms with van der Waals surface area (Å²) >= 11 is 0. The molecule has 7 heteroatoms. The normalized spacial score (nSPS) is 24.2. The van der Waals surface area contributed by atoms with Gasteiger partial charge in [0.1, 0.15) is 5.52 Å². The largest absolute Gasteiger partial charge is 0.440 e. The Morgan fingerprint density at radius 2 is 1.27 bits per heavy atom. The van der Waals surface area contributed by atoms with Gasteiger partial charge in [-0.25, -0.2) is 0 Å². The lowest BCUT2D eigenvalue weighted by Crippen LogP contribution is -2.45. The lowest BCUT2D eigenvalue weighted by Gasteiger charge is -2.37. The van der Waals surface area contributed by atoms with Crippen LogP contribution in [-0.2, 0) is 0 Å². The van der Waals surface area contributed by atoms with Gasteiger partial charge in [-0.3, -0.25) is 0 Å². The van der Waals surface area contributed by atoms with Gasteiger partial charge in [-0.1, -0.05) is 12.1 Å². The van der Waals surface area contributed by atoms with Gasteiger partial charge in [-0.15, -0.1) is 14.0 Å². The molecule has 3 aliphatic rings. The molecule has 26 heavy (non-hydrogen) atoms. The Labute approximate surface area is 159 Å². The SMILES string of the molecule is c1ccc2c(c1)nc[s+]2O[P+](N1CCCC1)(N1CCCC1)N1CCCC1. The summed E-state index contributed by atoms with van der Waals surface area (Å²) in [5.74, 6) is 0. The first kappa shape index (κ1) is 17.5. The van der Waals surface area contributed by atoms with E-state index in [0.717, 1.165) is 5.52 Å². The molecule has 0 bridgehead atoms. The summed E-state index contributed by atoms with van der Waals surface area (Å²) in [6, 6.07) is 8.52. The molecule has 4 heterocycles. The quantitative estimate of drug-likeness (QED) is 0.557. The maximum absolute atomic E-state index is 7.24. The average molecular weight is 393 g/mol. The molecule has 0 amide bonds. The van der Waals surface area contributed by atoms with E-state index in [0.29, 0.717) is 0 Å². The van der Waals surface area contributed by atoms with Crippen LogP contribution in [0.25, 0.3) is 10.2 Å². The van der Waals surface area contributed by atoms with Gasteiger partial charge in [0, 0.05) is 45.3 Å². The van der Waals surface area contributed by atoms with Crippen molar-refractivity contribution in [1.82, 2.24) is 19.0 Å². The van der Waals surface area contributed by atoms with Gasteiger partial charge in [0.05, 0.1) is 3.97 Å². The minimum atomic E-state index is -1.92. The Hall–Kier alpha value is -0.620. The van der Waals surface area contributed by atoms with Crippen molar-refractivity contribution in [3.8, 4) is 0 Å². The molecule has 2 aromatic rings. The number of fused-ring (bicyclic) bond motifs is 1. The number of rotatable bonds is 5. The van der Waals surface area contributed by atoms with Crippen molar-refractivity contribution in [2.75, 3.05) is 39.3 Å². The smallest absolute Gasteiger partial charge is 0.196 e. The Kier molecular flexibility index (Phi) is 4.99. The van der Waals surface area contributed by atoms with Gasteiger partial charge >= 0.3 is 7.94 Å². The number of nitrogens with zero attached hydrogens (tertiary/aromatic N) is 4. The lowest BCUT2D eigenvalue weighted by atomic mass is 10.3. The van der Waals surface area contributed by atoms with Crippen molar-refractivity contribution in [2.24, 2.45) is 0 Å². The molecule has 0 saturated carbocycles. The topological polar surface area (TPSA) is 31.8 Å². The van der Waals surface area contributed by atoms with E-state index < -0.39 is 7.94 Å². The number of hydrogen-bond donors (Lipinski definition) is 0. The first-order valence-corrected chi connectivity index (χ1v) is 12.9. The molecule has 1 atom stereocenters. The Bertz CT molecular complexity index is 710. The third-order valence-electron chi connectivity index (χ3n) is 5.90. The van der Waals surface area contributed by atoms with E-state index in [9.17, 15) is 0 Å². The second-order valence-electron chi connectivity index (χ2n) is 7.57. The van der Waals surface area contributed by atoms with Gasteiger partial charge in [0.15, 0.2) is 0 Å². The molecule has 0 radical (unpaired) electrons. The van der Waals surface area contributed by atoms with Crippen molar-refractivity contribution in [3.05, 3.63) is 29.8 Å². The maximum atomic E-state index is 7.24. The zero-order valence-corrected chi connectivity index (χ0v) is 17.1. The van der Waals surface area contributed by atoms with Crippen molar-refractivity contribution in [2.45, 2.75) is 38.5 Å². The number of benzene rings is 1. The van der Waals surface area contributed by atoms with E-state index >= 15 is 0 Å². The monoisotopic (exact) mass is 392 g/mol. The minimum Gasteiger partial charge on any atom is -0.196 e. The second kappa shape index (κ2) is 7.42. The van der Waals surface area contributed by atoms with Crippen LogP contribution in [0.15, 0.2) is 29.8 Å². The molecule has 140 valence electrons. The molecule has 0 spiro atoms. The molecule has 1 aromatic carbocycles. The Morgan fingerprint density at radius 3 is 1.81 bits per heavy atom. The lowest BCUT2D eigenvalue weighted by molar-refractivity contribution is 0.318. The fraction of sp³-hybridized carbons (Fsp3) is 0.632. The third kappa shape index (κ3) is 2.92. The minimum absolute atomic E-state index is 0.327. The van der Waals surface area contributed by atoms with Crippen LogP contribution in [0.1, 0.15) is 38.5 Å². The van der Waals surface area contributed by atoms with E-state index in [-0.39, 0.29) is 10.8 Å². The van der Waals surface area contributed by atoms with Crippen molar-refractivity contribution >= 4 is 28.9 Å². The molecule has 0 N–H and O–H groups in total. The van der Waals surface area contributed by atoms with Crippen LogP contribution in [-0.4, -0.2) is 58.3 Å². The zero-order valence-electron chi connectivity index (χ0n) is 15.4. The predicted molar refractivity (Wildman–Crippen MR) is 110 cm³/mol. The average Bonchev–Trinajstić information content (AvgIpc) is 3.49. The fourth-order valence-electron chi connectivity index (χ4n) is 4.62. The van der Waals surface area contributed by atoms with Gasteiger partial charge < -0.3 is 0 Å². The molecule has 3 fully saturated rings. The molecule has 3 aliphatic heterocycles. The molecular weight excluding hydrogens is 363 g/mol. The summed E-state index contributed by atoms with van der Waals surface area (Å²) in [4.78, 5) is 4.67. The highest BCUT2D eigenvalue weighted by Crippen LogP contribution is 2.70. The summed E-state index contributed by atoms with van der Waals surface area (Å²) in [6.07, 6.45) is 7.86. The van der Waals surface area contributed by atoms with Crippen LogP contribution < -0.4 is 3.97 Å². The molecule has 1 unspecified atom stereocenters. The van der Waals surface area contributed by atoms with E-state index in [1.165, 1.54) is 82.5 Å². The summed E-state index contributed by atoms with van der Waals surface area (Å²) < 4.78 is 16.7. The van der Waals surface area contributed by atoms with E-state index in [4.69, 9.17) is 3.97 Å². The molecular formula is C19H29N4OPS+2. The number of aromatic nitrogens is 1. The van der Waals surface area contributed by atoms with Crippen molar-refractivity contribution in [3.63, 3.8) is 0 Å². The van der Waals surface area contributed by atoms with Crippen LogP contribution in [0, 0.1) is 0 Å². The summed E-state index contributed by atoms with van der Waals surface area (Å²) in [6.45, 7) is 7.15. The van der Waals surface area contributed by atoms with Crippen LogP contribution in [0.3, 0.4) is 0 Å². The number of hydrogen-bond acceptors (Lipinski definition) is 5. The van der Waals surface area contributed by atoms with Crippen molar-refractivity contribution in [1.29, 1.82) is 0 Å². The standard InChI is InChI=1S/C19H29N4OPS/c1-2-10-19-18(9-1)20-17-26(19)24-25(21-11-3-4-12-21,22-13-5-6-14-22)23-15-7-8-16-23/h1-2,9-10,17H,3-8,11-16H2/q+2. The molecule has 0 aliphatic carbocycles. The Balaban J connectivity index is 1.59. The van der Waals surface area contributed by atoms with Crippen LogP contribution in [0.5, 0.6) is 0 Å². The third-order valence-corrected chi connectivity index (χ3v) is 11.8. The summed E-state index contributed by atoms with van der Waals surface area (Å²) in [5, 5.41) is 0. The maximum Gasteiger partial charge on any atom is 0.440 e. The van der Waals surface area contributed by atoms with Crippen molar-refractivity contribution < 1.29 is 3.97 Å². The summed E-state index contributed by atoms with van der Waals surface area (Å²) in [5.41, 5.74) is 3.17. The first-order chi connectivity index (χ1) is 12.9. The van der Waals surface area contributed by atoms with E-state index in [1.807, 2.05) is 0 Å².